The zero-order valence-corrected chi connectivity index (χ0v) is 11.7. The molecule has 1 amide bonds. The van der Waals surface area contributed by atoms with Crippen molar-refractivity contribution in [1.29, 1.82) is 0 Å². The van der Waals surface area contributed by atoms with Crippen LogP contribution in [0.5, 0.6) is 11.5 Å². The van der Waals surface area contributed by atoms with Gasteiger partial charge in [0.1, 0.15) is 11.5 Å². The fourth-order valence-corrected chi connectivity index (χ4v) is 1.82. The van der Waals surface area contributed by atoms with Crippen LogP contribution in [0.3, 0.4) is 0 Å². The Balaban J connectivity index is 1.92. The van der Waals surface area contributed by atoms with Gasteiger partial charge in [0.25, 0.3) is 5.91 Å². The van der Waals surface area contributed by atoms with Crippen molar-refractivity contribution in [2.45, 2.75) is 6.61 Å². The molecule has 2 rings (SSSR count). The first kappa shape index (κ1) is 14.9. The first-order valence-corrected chi connectivity index (χ1v) is 6.48. The molecule has 0 fully saturated rings. The SMILES string of the molecule is COc1ccccc1NC(=O)COc1cccc(CO)c1. The summed E-state index contributed by atoms with van der Waals surface area (Å²) in [7, 11) is 1.54. The third-order valence-corrected chi connectivity index (χ3v) is 2.83. The highest BCUT2D eigenvalue weighted by molar-refractivity contribution is 5.93. The van der Waals surface area contributed by atoms with Crippen molar-refractivity contribution in [3.63, 3.8) is 0 Å². The van der Waals surface area contributed by atoms with Crippen LogP contribution in [-0.2, 0) is 11.4 Å². The van der Waals surface area contributed by atoms with E-state index in [-0.39, 0.29) is 19.1 Å². The van der Waals surface area contributed by atoms with Gasteiger partial charge in [0.05, 0.1) is 19.4 Å². The molecule has 0 spiro atoms. The molecule has 2 N–H and O–H groups in total. The third kappa shape index (κ3) is 4.22. The van der Waals surface area contributed by atoms with Crippen LogP contribution in [-0.4, -0.2) is 24.7 Å². The normalized spacial score (nSPS) is 10.0. The number of hydrogen-bond donors (Lipinski definition) is 2. The second kappa shape index (κ2) is 7.31. The molecule has 0 atom stereocenters. The number of carbonyl (C=O) groups is 1. The van der Waals surface area contributed by atoms with Crippen LogP contribution in [0.15, 0.2) is 48.5 Å². The molecule has 2 aromatic carbocycles. The Hall–Kier alpha value is -2.53. The molecule has 0 bridgehead atoms. The maximum atomic E-state index is 11.9. The summed E-state index contributed by atoms with van der Waals surface area (Å²) in [5, 5.41) is 11.8. The van der Waals surface area contributed by atoms with E-state index in [1.165, 1.54) is 0 Å². The van der Waals surface area contributed by atoms with Gasteiger partial charge in [-0.05, 0) is 29.8 Å². The summed E-state index contributed by atoms with van der Waals surface area (Å²) in [6.45, 7) is -0.183. The smallest absolute Gasteiger partial charge is 0.262 e. The summed E-state index contributed by atoms with van der Waals surface area (Å²) in [5.74, 6) is 0.846. The summed E-state index contributed by atoms with van der Waals surface area (Å²) in [6, 6.07) is 14.1. The van der Waals surface area contributed by atoms with Crippen LogP contribution in [0, 0.1) is 0 Å². The average molecular weight is 287 g/mol. The van der Waals surface area contributed by atoms with E-state index in [2.05, 4.69) is 5.32 Å². The van der Waals surface area contributed by atoms with Crippen molar-refractivity contribution >= 4 is 11.6 Å². The zero-order chi connectivity index (χ0) is 15.1. The summed E-state index contributed by atoms with van der Waals surface area (Å²) >= 11 is 0. The topological polar surface area (TPSA) is 67.8 Å². The summed E-state index contributed by atoms with van der Waals surface area (Å²) in [4.78, 5) is 11.9. The van der Waals surface area contributed by atoms with E-state index < -0.39 is 0 Å². The number of hydrogen-bond acceptors (Lipinski definition) is 4. The maximum Gasteiger partial charge on any atom is 0.262 e. The molecule has 2 aromatic rings. The van der Waals surface area contributed by atoms with Crippen molar-refractivity contribution in [3.05, 3.63) is 54.1 Å². The molecule has 0 aromatic heterocycles. The Morgan fingerprint density at radius 3 is 2.76 bits per heavy atom. The molecule has 0 saturated carbocycles. The van der Waals surface area contributed by atoms with E-state index in [0.717, 1.165) is 5.56 Å². The van der Waals surface area contributed by atoms with Gasteiger partial charge in [-0.15, -0.1) is 0 Å². The van der Waals surface area contributed by atoms with Gasteiger partial charge in [0.15, 0.2) is 6.61 Å². The van der Waals surface area contributed by atoms with E-state index in [1.807, 2.05) is 12.1 Å². The van der Waals surface area contributed by atoms with Crippen LogP contribution in [0.2, 0.25) is 0 Å². The number of methoxy groups -OCH3 is 1. The first-order valence-electron chi connectivity index (χ1n) is 6.48. The second-order valence-electron chi connectivity index (χ2n) is 4.34. The molecule has 0 aliphatic rings. The molecule has 0 unspecified atom stereocenters. The molecule has 0 aliphatic heterocycles. The Morgan fingerprint density at radius 1 is 1.19 bits per heavy atom. The standard InChI is InChI=1S/C16H17NO4/c1-20-15-8-3-2-7-14(15)17-16(19)11-21-13-6-4-5-12(9-13)10-18/h2-9,18H,10-11H2,1H3,(H,17,19). The number of amides is 1. The molecule has 0 saturated heterocycles. The van der Waals surface area contributed by atoms with Crippen LogP contribution in [0.1, 0.15) is 5.56 Å². The number of ether oxygens (including phenoxy) is 2. The Labute approximate surface area is 123 Å². The number of benzene rings is 2. The fourth-order valence-electron chi connectivity index (χ4n) is 1.82. The lowest BCUT2D eigenvalue weighted by Crippen LogP contribution is -2.20. The third-order valence-electron chi connectivity index (χ3n) is 2.83. The van der Waals surface area contributed by atoms with Crippen molar-refractivity contribution in [3.8, 4) is 11.5 Å². The Bertz CT molecular complexity index is 613. The predicted molar refractivity (Wildman–Crippen MR) is 79.5 cm³/mol. The Kier molecular flexibility index (Phi) is 5.17. The number of rotatable bonds is 6. The monoisotopic (exact) mass is 287 g/mol. The van der Waals surface area contributed by atoms with E-state index >= 15 is 0 Å². The molecular weight excluding hydrogens is 270 g/mol. The number of nitrogens with one attached hydrogen (secondary N) is 1. The molecule has 5 heteroatoms. The number of carbonyl (C=O) groups excluding carboxylic acids is 1. The highest BCUT2D eigenvalue weighted by Crippen LogP contribution is 2.22. The summed E-state index contributed by atoms with van der Waals surface area (Å²) in [5.41, 5.74) is 1.33. The highest BCUT2D eigenvalue weighted by atomic mass is 16.5. The maximum absolute atomic E-state index is 11.9. The van der Waals surface area contributed by atoms with Crippen molar-refractivity contribution < 1.29 is 19.4 Å². The Morgan fingerprint density at radius 2 is 2.00 bits per heavy atom. The summed E-state index contributed by atoms with van der Waals surface area (Å²) in [6.07, 6.45) is 0. The molecule has 110 valence electrons. The van der Waals surface area contributed by atoms with Gasteiger partial charge >= 0.3 is 0 Å². The van der Waals surface area contributed by atoms with Crippen LogP contribution < -0.4 is 14.8 Å². The van der Waals surface area contributed by atoms with Gasteiger partial charge in [-0.3, -0.25) is 4.79 Å². The minimum Gasteiger partial charge on any atom is -0.495 e. The largest absolute Gasteiger partial charge is 0.495 e. The molecule has 0 radical (unpaired) electrons. The highest BCUT2D eigenvalue weighted by Gasteiger charge is 2.07. The summed E-state index contributed by atoms with van der Waals surface area (Å²) < 4.78 is 10.5. The van der Waals surface area contributed by atoms with Crippen molar-refractivity contribution in [2.75, 3.05) is 19.0 Å². The van der Waals surface area contributed by atoms with Crippen molar-refractivity contribution in [2.24, 2.45) is 0 Å². The average Bonchev–Trinajstić information content (AvgIpc) is 2.53. The first-order chi connectivity index (χ1) is 10.2. The predicted octanol–water partition coefficient (Wildman–Crippen LogP) is 2.21. The number of para-hydroxylation sites is 2. The molecular formula is C16H17NO4. The lowest BCUT2D eigenvalue weighted by molar-refractivity contribution is -0.118. The number of aliphatic hydroxyl groups excluding tert-OH is 1. The van der Waals surface area contributed by atoms with Crippen LogP contribution >= 0.6 is 0 Å². The minimum absolute atomic E-state index is 0.0649. The zero-order valence-electron chi connectivity index (χ0n) is 11.7. The van der Waals surface area contributed by atoms with Gasteiger partial charge < -0.3 is 19.9 Å². The van der Waals surface area contributed by atoms with Crippen molar-refractivity contribution in [1.82, 2.24) is 0 Å². The minimum atomic E-state index is -0.283. The fraction of sp³-hybridized carbons (Fsp3) is 0.188. The number of anilines is 1. The van der Waals surface area contributed by atoms with Gasteiger partial charge in [-0.1, -0.05) is 24.3 Å². The quantitative estimate of drug-likeness (QED) is 0.854. The lowest BCUT2D eigenvalue weighted by Gasteiger charge is -2.11. The van der Waals surface area contributed by atoms with Crippen LogP contribution in [0.4, 0.5) is 5.69 Å². The molecule has 5 nitrogen and oxygen atoms in total. The molecule has 0 aliphatic carbocycles. The lowest BCUT2D eigenvalue weighted by atomic mass is 10.2. The van der Waals surface area contributed by atoms with Crippen LogP contribution in [0.25, 0.3) is 0 Å². The van der Waals surface area contributed by atoms with E-state index in [4.69, 9.17) is 14.6 Å². The second-order valence-corrected chi connectivity index (χ2v) is 4.34. The van der Waals surface area contributed by atoms with E-state index in [1.54, 1.807) is 43.5 Å². The van der Waals surface area contributed by atoms with Gasteiger partial charge in [0, 0.05) is 0 Å². The number of aliphatic hydroxyl groups is 1. The van der Waals surface area contributed by atoms with Gasteiger partial charge in [-0.25, -0.2) is 0 Å². The van der Waals surface area contributed by atoms with E-state index in [9.17, 15) is 4.79 Å². The molecule has 0 heterocycles. The van der Waals surface area contributed by atoms with Gasteiger partial charge in [-0.2, -0.15) is 0 Å². The molecule has 21 heavy (non-hydrogen) atoms. The van der Waals surface area contributed by atoms with Gasteiger partial charge in [0.2, 0.25) is 0 Å². The van der Waals surface area contributed by atoms with E-state index in [0.29, 0.717) is 17.2 Å².